The predicted octanol–water partition coefficient (Wildman–Crippen LogP) is 4.40. The first-order valence-corrected chi connectivity index (χ1v) is 16.0. The van der Waals surface area contributed by atoms with Crippen LogP contribution in [0.1, 0.15) is 77.6 Å². The summed E-state index contributed by atoms with van der Waals surface area (Å²) in [4.78, 5) is 19.0. The molecule has 0 amide bonds. The smallest absolute Gasteiger partial charge is 0.304 e. The number of anilines is 1. The molecule has 5 heterocycles. The zero-order chi connectivity index (χ0) is 29.2. The van der Waals surface area contributed by atoms with Crippen molar-refractivity contribution in [3.63, 3.8) is 0 Å². The lowest BCUT2D eigenvalue weighted by Gasteiger charge is -2.26. The topological polar surface area (TPSA) is 121 Å². The largest absolute Gasteiger partial charge is 0.481 e. The number of aliphatic carboxylic acids is 1. The summed E-state index contributed by atoms with van der Waals surface area (Å²) in [6, 6.07) is 11.3. The van der Waals surface area contributed by atoms with Gasteiger partial charge in [-0.15, -0.1) is 10.2 Å². The van der Waals surface area contributed by atoms with E-state index in [1.807, 2.05) is 48.7 Å². The quantitative estimate of drug-likeness (QED) is 0.338. The molecule has 1 aliphatic carbocycles. The molecular weight excluding hydrogens is 552 g/mol. The Kier molecular flexibility index (Phi) is 6.54. The first-order valence-electron chi connectivity index (χ1n) is 14.6. The molecule has 10 nitrogen and oxygen atoms in total. The molecule has 0 radical (unpaired) electrons. The van der Waals surface area contributed by atoms with Crippen molar-refractivity contribution in [3.8, 4) is 0 Å². The molecule has 3 aromatic heterocycles. The number of hydrogen-bond acceptors (Lipinski definition) is 7. The second-order valence-electron chi connectivity index (χ2n) is 11.9. The third-order valence-electron chi connectivity index (χ3n) is 9.14. The highest BCUT2D eigenvalue weighted by Crippen LogP contribution is 2.41. The van der Waals surface area contributed by atoms with Gasteiger partial charge in [0.15, 0.2) is 5.65 Å². The minimum absolute atomic E-state index is 0.0669. The highest BCUT2D eigenvalue weighted by molar-refractivity contribution is 7.89. The summed E-state index contributed by atoms with van der Waals surface area (Å²) in [6.07, 6.45) is 7.65. The number of carboxylic acid groups (broad SMARTS) is 1. The van der Waals surface area contributed by atoms with Crippen LogP contribution in [0.5, 0.6) is 0 Å². The molecular formula is C31H34N6O4S. The predicted molar refractivity (Wildman–Crippen MR) is 157 cm³/mol. The number of aromatic nitrogens is 4. The van der Waals surface area contributed by atoms with Crippen LogP contribution >= 0.6 is 0 Å². The van der Waals surface area contributed by atoms with Crippen LogP contribution in [0.15, 0.2) is 53.7 Å². The lowest BCUT2D eigenvalue weighted by atomic mass is 9.85. The first kappa shape index (κ1) is 27.0. The average Bonchev–Trinajstić information content (AvgIpc) is 3.56. The van der Waals surface area contributed by atoms with E-state index in [2.05, 4.69) is 20.1 Å². The third kappa shape index (κ3) is 4.55. The Morgan fingerprint density at radius 1 is 1.12 bits per heavy atom. The second kappa shape index (κ2) is 10.2. The van der Waals surface area contributed by atoms with Crippen LogP contribution in [0.2, 0.25) is 0 Å². The number of sulfonamides is 1. The molecule has 0 bridgehead atoms. The first-order chi connectivity index (χ1) is 20.2. The van der Waals surface area contributed by atoms with Gasteiger partial charge in [-0.05, 0) is 85.5 Å². The lowest BCUT2D eigenvalue weighted by Crippen LogP contribution is -2.39. The van der Waals surface area contributed by atoms with E-state index >= 15 is 0 Å². The van der Waals surface area contributed by atoms with Gasteiger partial charge in [-0.1, -0.05) is 18.2 Å². The van der Waals surface area contributed by atoms with E-state index < -0.39 is 21.9 Å². The maximum atomic E-state index is 13.9. The third-order valence-corrected chi connectivity index (χ3v) is 11.0. The van der Waals surface area contributed by atoms with E-state index in [-0.39, 0.29) is 23.9 Å². The monoisotopic (exact) mass is 586 g/mol. The number of nitrogens with zero attached hydrogens (tertiary/aromatic N) is 6. The Labute approximate surface area is 245 Å². The molecule has 4 aromatic rings. The Hall–Kier alpha value is -3.83. The summed E-state index contributed by atoms with van der Waals surface area (Å²) in [5.74, 6) is 0.613. The molecule has 7 rings (SSSR count). The van der Waals surface area contributed by atoms with Crippen molar-refractivity contribution < 1.29 is 18.3 Å². The van der Waals surface area contributed by atoms with Crippen LogP contribution in [0.3, 0.4) is 0 Å². The fourth-order valence-electron chi connectivity index (χ4n) is 6.69. The Balaban J connectivity index is 1.27. The number of fused-ring (bicyclic) bond motifs is 4. The maximum absolute atomic E-state index is 13.9. The van der Waals surface area contributed by atoms with Crippen molar-refractivity contribution in [2.24, 2.45) is 0 Å². The van der Waals surface area contributed by atoms with Gasteiger partial charge in [0, 0.05) is 49.9 Å². The van der Waals surface area contributed by atoms with Crippen molar-refractivity contribution in [2.45, 2.75) is 75.3 Å². The average molecular weight is 587 g/mol. The van der Waals surface area contributed by atoms with Crippen LogP contribution < -0.4 is 4.90 Å². The zero-order valence-electron chi connectivity index (χ0n) is 23.8. The number of carbonyl (C=O) groups is 1. The molecule has 0 spiro atoms. The summed E-state index contributed by atoms with van der Waals surface area (Å²) >= 11 is 0. The van der Waals surface area contributed by atoms with Gasteiger partial charge in [-0.25, -0.2) is 13.4 Å². The Bertz CT molecular complexity index is 1820. The lowest BCUT2D eigenvalue weighted by molar-refractivity contribution is -0.137. The van der Waals surface area contributed by atoms with Crippen molar-refractivity contribution in [1.29, 1.82) is 0 Å². The van der Waals surface area contributed by atoms with Crippen molar-refractivity contribution in [2.75, 3.05) is 18.0 Å². The zero-order valence-corrected chi connectivity index (χ0v) is 24.6. The highest BCUT2D eigenvalue weighted by Gasteiger charge is 2.40. The van der Waals surface area contributed by atoms with E-state index in [1.165, 1.54) is 0 Å². The summed E-state index contributed by atoms with van der Waals surface area (Å²) in [6.45, 7) is 5.32. The van der Waals surface area contributed by atoms with Gasteiger partial charge in [0.2, 0.25) is 10.0 Å². The molecule has 1 saturated heterocycles. The number of benzene rings is 1. The summed E-state index contributed by atoms with van der Waals surface area (Å²) < 4.78 is 31.5. The van der Waals surface area contributed by atoms with Crippen LogP contribution in [0, 0.1) is 13.8 Å². The SMILES string of the molecule is Cc1ccc([C@@H](CC(=O)O)c2ccn3c(C4CC4)nnc3c2C)cc1CN1CC2CCCN2c2ncccc2S1(=O)=O. The van der Waals surface area contributed by atoms with E-state index in [1.54, 1.807) is 22.6 Å². The van der Waals surface area contributed by atoms with E-state index in [0.717, 1.165) is 71.5 Å². The fourth-order valence-corrected chi connectivity index (χ4v) is 8.30. The molecule has 1 saturated carbocycles. The Morgan fingerprint density at radius 2 is 1.95 bits per heavy atom. The summed E-state index contributed by atoms with van der Waals surface area (Å²) in [5.41, 5.74) is 5.20. The van der Waals surface area contributed by atoms with Crippen LogP contribution in [0.25, 0.3) is 5.65 Å². The molecule has 3 aliphatic rings. The molecule has 1 unspecified atom stereocenters. The molecule has 1 N–H and O–H groups in total. The van der Waals surface area contributed by atoms with Gasteiger partial charge in [-0.2, -0.15) is 4.31 Å². The molecule has 11 heteroatoms. The minimum Gasteiger partial charge on any atom is -0.481 e. The van der Waals surface area contributed by atoms with E-state index in [0.29, 0.717) is 18.3 Å². The van der Waals surface area contributed by atoms with Crippen LogP contribution in [0.4, 0.5) is 5.82 Å². The summed E-state index contributed by atoms with van der Waals surface area (Å²) in [7, 11) is -3.79. The van der Waals surface area contributed by atoms with Crippen LogP contribution in [-0.2, 0) is 21.4 Å². The van der Waals surface area contributed by atoms with E-state index in [4.69, 9.17) is 0 Å². The maximum Gasteiger partial charge on any atom is 0.304 e. The number of pyridine rings is 2. The minimum atomic E-state index is -3.79. The van der Waals surface area contributed by atoms with E-state index in [9.17, 15) is 18.3 Å². The number of aryl methyl sites for hydroxylation is 2. The van der Waals surface area contributed by atoms with Gasteiger partial charge in [0.05, 0.1) is 6.42 Å². The standard InChI is InChI=1S/C31H34N6O4S/c1-19-7-8-22(26(16-28(38)39)25-11-14-37-29(20(25)2)33-34-30(37)21-9-10-21)15-23(19)17-35-18-24-5-4-13-36(24)31-27(42(35,40)41)6-3-12-32-31/h3,6-8,11-12,14-15,21,24,26H,4-5,9-10,13,16-18H2,1-2H3,(H,38,39)/t24?,26-/m1/s1. The van der Waals surface area contributed by atoms with Gasteiger partial charge < -0.3 is 10.0 Å². The normalized spacial score (nSPS) is 20.7. The van der Waals surface area contributed by atoms with Crippen molar-refractivity contribution in [1.82, 2.24) is 23.9 Å². The molecule has 2 aliphatic heterocycles. The Morgan fingerprint density at radius 3 is 2.74 bits per heavy atom. The highest BCUT2D eigenvalue weighted by atomic mass is 32.2. The van der Waals surface area contributed by atoms with Crippen molar-refractivity contribution >= 4 is 27.5 Å². The number of carboxylic acids is 1. The molecule has 1 aromatic carbocycles. The molecule has 2 fully saturated rings. The summed E-state index contributed by atoms with van der Waals surface area (Å²) in [5, 5.41) is 18.8. The number of hydrogen-bond donors (Lipinski definition) is 1. The molecule has 218 valence electrons. The fraction of sp³-hybridized carbons (Fsp3) is 0.419. The molecule has 2 atom stereocenters. The number of rotatable bonds is 7. The van der Waals surface area contributed by atoms with Crippen molar-refractivity contribution in [3.05, 3.63) is 82.4 Å². The van der Waals surface area contributed by atoms with Crippen LogP contribution in [-0.4, -0.2) is 62.5 Å². The second-order valence-corrected chi connectivity index (χ2v) is 13.8. The van der Waals surface area contributed by atoms with Gasteiger partial charge in [0.25, 0.3) is 0 Å². The van der Waals surface area contributed by atoms with Gasteiger partial charge in [-0.3, -0.25) is 9.20 Å². The van der Waals surface area contributed by atoms with Gasteiger partial charge >= 0.3 is 5.97 Å². The molecule has 42 heavy (non-hydrogen) atoms. The van der Waals surface area contributed by atoms with Gasteiger partial charge in [0.1, 0.15) is 16.5 Å².